The van der Waals surface area contributed by atoms with E-state index in [1.807, 2.05) is 23.1 Å². The average Bonchev–Trinajstić information content (AvgIpc) is 3.23. The van der Waals surface area contributed by atoms with Gasteiger partial charge in [-0.25, -0.2) is 4.68 Å². The fraction of sp³-hybridized carbons (Fsp3) is 0.500. The highest BCUT2D eigenvalue weighted by molar-refractivity contribution is 5.35. The monoisotopic (exact) mass is 313 g/mol. The molecule has 1 aromatic carbocycles. The molecule has 1 aromatic heterocycles. The van der Waals surface area contributed by atoms with E-state index in [-0.39, 0.29) is 5.41 Å². The van der Waals surface area contributed by atoms with Crippen LogP contribution in [0.4, 0.5) is 0 Å². The van der Waals surface area contributed by atoms with Crippen molar-refractivity contribution in [2.75, 3.05) is 40.0 Å². The van der Waals surface area contributed by atoms with Gasteiger partial charge < -0.3 is 9.47 Å². The van der Waals surface area contributed by atoms with Crippen molar-refractivity contribution < 1.29 is 9.47 Å². The van der Waals surface area contributed by atoms with Gasteiger partial charge in [0.15, 0.2) is 0 Å². The van der Waals surface area contributed by atoms with E-state index in [1.165, 1.54) is 5.56 Å². The van der Waals surface area contributed by atoms with Gasteiger partial charge in [-0.05, 0) is 23.8 Å². The lowest BCUT2D eigenvalue weighted by molar-refractivity contribution is 0.0533. The van der Waals surface area contributed by atoms with Crippen LogP contribution in [-0.4, -0.2) is 54.7 Å². The van der Waals surface area contributed by atoms with Crippen molar-refractivity contribution in [2.24, 2.45) is 11.3 Å². The van der Waals surface area contributed by atoms with E-state index in [9.17, 15) is 0 Å². The summed E-state index contributed by atoms with van der Waals surface area (Å²) in [6, 6.07) is 10.6. The number of rotatable bonds is 5. The van der Waals surface area contributed by atoms with Gasteiger partial charge >= 0.3 is 0 Å². The molecular weight excluding hydrogens is 290 g/mol. The second-order valence-corrected chi connectivity index (χ2v) is 6.80. The number of aromatic nitrogens is 2. The van der Waals surface area contributed by atoms with Gasteiger partial charge in [0, 0.05) is 50.5 Å². The zero-order chi connectivity index (χ0) is 15.7. The summed E-state index contributed by atoms with van der Waals surface area (Å²) in [6.07, 6.45) is 3.78. The van der Waals surface area contributed by atoms with Crippen LogP contribution >= 0.6 is 0 Å². The van der Waals surface area contributed by atoms with Crippen molar-refractivity contribution in [2.45, 2.75) is 6.54 Å². The first-order valence-electron chi connectivity index (χ1n) is 8.17. The summed E-state index contributed by atoms with van der Waals surface area (Å²) >= 11 is 0. The van der Waals surface area contributed by atoms with Crippen molar-refractivity contribution in [1.29, 1.82) is 0 Å². The van der Waals surface area contributed by atoms with Gasteiger partial charge in [-0.2, -0.15) is 5.10 Å². The number of benzene rings is 1. The van der Waals surface area contributed by atoms with Crippen molar-refractivity contribution in [3.8, 4) is 5.69 Å². The molecule has 2 aromatic rings. The number of fused-ring (bicyclic) bond motifs is 1. The predicted molar refractivity (Wildman–Crippen MR) is 87.5 cm³/mol. The third-order valence-electron chi connectivity index (χ3n) is 5.11. The fourth-order valence-electron chi connectivity index (χ4n) is 4.03. The molecule has 0 bridgehead atoms. The Morgan fingerprint density at radius 3 is 3.17 bits per heavy atom. The van der Waals surface area contributed by atoms with Crippen molar-refractivity contribution >= 4 is 0 Å². The Balaban J connectivity index is 1.48. The molecule has 0 aliphatic carbocycles. The van der Waals surface area contributed by atoms with Crippen molar-refractivity contribution in [1.82, 2.24) is 14.7 Å². The molecule has 4 rings (SSSR count). The predicted octanol–water partition coefficient (Wildman–Crippen LogP) is 1.97. The van der Waals surface area contributed by atoms with E-state index < -0.39 is 0 Å². The number of likely N-dealkylation sites (tertiary alicyclic amines) is 1. The molecule has 0 radical (unpaired) electrons. The van der Waals surface area contributed by atoms with E-state index in [4.69, 9.17) is 9.47 Å². The topological polar surface area (TPSA) is 39.5 Å². The molecule has 0 unspecified atom stereocenters. The van der Waals surface area contributed by atoms with Gasteiger partial charge in [0.25, 0.3) is 0 Å². The lowest BCUT2D eigenvalue weighted by Gasteiger charge is -2.26. The Labute approximate surface area is 136 Å². The molecule has 2 aliphatic rings. The first-order valence-corrected chi connectivity index (χ1v) is 8.17. The maximum atomic E-state index is 5.72. The summed E-state index contributed by atoms with van der Waals surface area (Å²) in [5.74, 6) is 0.594. The van der Waals surface area contributed by atoms with E-state index in [0.717, 1.165) is 45.1 Å². The number of nitrogens with zero attached hydrogens (tertiary/aromatic N) is 3. The van der Waals surface area contributed by atoms with Gasteiger partial charge in [0.2, 0.25) is 0 Å². The maximum absolute atomic E-state index is 5.72. The summed E-state index contributed by atoms with van der Waals surface area (Å²) in [7, 11) is 1.79. The first-order chi connectivity index (χ1) is 11.3. The minimum absolute atomic E-state index is 0.189. The second-order valence-electron chi connectivity index (χ2n) is 6.80. The number of hydrogen-bond donors (Lipinski definition) is 0. The quantitative estimate of drug-likeness (QED) is 0.846. The average molecular weight is 313 g/mol. The van der Waals surface area contributed by atoms with Crippen LogP contribution in [-0.2, 0) is 16.0 Å². The molecule has 23 heavy (non-hydrogen) atoms. The van der Waals surface area contributed by atoms with Crippen LogP contribution in [0.15, 0.2) is 42.7 Å². The largest absolute Gasteiger partial charge is 0.384 e. The zero-order valence-corrected chi connectivity index (χ0v) is 13.5. The molecule has 3 heterocycles. The Bertz CT molecular complexity index is 658. The third-order valence-corrected chi connectivity index (χ3v) is 5.11. The standard InChI is InChI=1S/C18H23N3O2/c1-22-13-18-12-20(10-16(18)11-23-14-18)9-15-4-2-5-17(8-15)21-7-3-6-19-21/h2-8,16H,9-14H2,1H3/t16-,18-/m0/s1. The number of ether oxygens (including phenoxy) is 2. The zero-order valence-electron chi connectivity index (χ0n) is 13.5. The number of hydrogen-bond acceptors (Lipinski definition) is 4. The summed E-state index contributed by atoms with van der Waals surface area (Å²) in [5.41, 5.74) is 2.63. The molecule has 5 nitrogen and oxygen atoms in total. The second kappa shape index (κ2) is 6.07. The highest BCUT2D eigenvalue weighted by atomic mass is 16.5. The summed E-state index contributed by atoms with van der Waals surface area (Å²) in [6.45, 7) is 5.61. The van der Waals surface area contributed by atoms with Gasteiger partial charge in [0.05, 0.1) is 25.5 Å². The van der Waals surface area contributed by atoms with E-state index in [1.54, 1.807) is 7.11 Å². The van der Waals surface area contributed by atoms with Crippen LogP contribution in [0.2, 0.25) is 0 Å². The lowest BCUT2D eigenvalue weighted by atomic mass is 9.82. The Morgan fingerprint density at radius 1 is 1.39 bits per heavy atom. The molecule has 122 valence electrons. The van der Waals surface area contributed by atoms with Gasteiger partial charge in [-0.15, -0.1) is 0 Å². The minimum atomic E-state index is 0.189. The van der Waals surface area contributed by atoms with Gasteiger partial charge in [0.1, 0.15) is 0 Å². The lowest BCUT2D eigenvalue weighted by Crippen LogP contribution is -2.35. The van der Waals surface area contributed by atoms with Crippen molar-refractivity contribution in [3.05, 3.63) is 48.3 Å². The normalized spacial score (nSPS) is 27.4. The van der Waals surface area contributed by atoms with Crippen LogP contribution in [0.25, 0.3) is 5.69 Å². The van der Waals surface area contributed by atoms with Crippen LogP contribution < -0.4 is 0 Å². The molecule has 0 amide bonds. The molecule has 5 heteroatoms. The van der Waals surface area contributed by atoms with Crippen LogP contribution in [0, 0.1) is 11.3 Å². The highest BCUT2D eigenvalue weighted by Gasteiger charge is 2.50. The highest BCUT2D eigenvalue weighted by Crippen LogP contribution is 2.41. The summed E-state index contributed by atoms with van der Waals surface area (Å²) in [5, 5.41) is 4.31. The van der Waals surface area contributed by atoms with Gasteiger partial charge in [-0.3, -0.25) is 4.90 Å². The Kier molecular flexibility index (Phi) is 3.93. The fourth-order valence-corrected chi connectivity index (χ4v) is 4.03. The summed E-state index contributed by atoms with van der Waals surface area (Å²) in [4.78, 5) is 2.54. The first kappa shape index (κ1) is 14.9. The molecule has 2 saturated heterocycles. The molecule has 2 aliphatic heterocycles. The summed E-state index contributed by atoms with van der Waals surface area (Å²) < 4.78 is 13.1. The SMILES string of the molecule is COC[C@@]12COC[C@@H]1CN(Cc1cccc(-n3cccn3)c1)C2. The third kappa shape index (κ3) is 2.80. The molecule has 0 spiro atoms. The molecule has 0 N–H and O–H groups in total. The van der Waals surface area contributed by atoms with Crippen LogP contribution in [0.5, 0.6) is 0 Å². The molecule has 2 fully saturated rings. The molecule has 0 saturated carbocycles. The maximum Gasteiger partial charge on any atom is 0.0648 e. The Morgan fingerprint density at radius 2 is 2.35 bits per heavy atom. The van der Waals surface area contributed by atoms with Crippen LogP contribution in [0.1, 0.15) is 5.56 Å². The van der Waals surface area contributed by atoms with Crippen LogP contribution in [0.3, 0.4) is 0 Å². The van der Waals surface area contributed by atoms with Crippen molar-refractivity contribution in [3.63, 3.8) is 0 Å². The smallest absolute Gasteiger partial charge is 0.0648 e. The molecule has 2 atom stereocenters. The minimum Gasteiger partial charge on any atom is -0.384 e. The van der Waals surface area contributed by atoms with E-state index in [2.05, 4.69) is 34.3 Å². The van der Waals surface area contributed by atoms with E-state index in [0.29, 0.717) is 5.92 Å². The molecular formula is C18H23N3O2. The number of methoxy groups -OCH3 is 1. The Hall–Kier alpha value is -1.69. The van der Waals surface area contributed by atoms with E-state index >= 15 is 0 Å². The van der Waals surface area contributed by atoms with Gasteiger partial charge in [-0.1, -0.05) is 12.1 Å².